The lowest BCUT2D eigenvalue weighted by Crippen LogP contribution is -2.34. The molecule has 4 N–H and O–H groups in total. The molecule has 1 aromatic heterocycles. The molecule has 1 aromatic carbocycles. The highest BCUT2D eigenvalue weighted by molar-refractivity contribution is 7.10. The van der Waals surface area contributed by atoms with Crippen molar-refractivity contribution in [1.82, 2.24) is 0 Å². The molecule has 0 fully saturated rings. The fourth-order valence-corrected chi connectivity index (χ4v) is 3.80. The Morgan fingerprint density at radius 1 is 1.40 bits per heavy atom. The van der Waals surface area contributed by atoms with Crippen LogP contribution in [0.2, 0.25) is 0 Å². The second-order valence-electron chi connectivity index (χ2n) is 5.06. The van der Waals surface area contributed by atoms with Gasteiger partial charge in [0.2, 0.25) is 0 Å². The first-order valence-electron chi connectivity index (χ1n) is 6.60. The molecule has 1 amide bonds. The second kappa shape index (κ2) is 4.83. The van der Waals surface area contributed by atoms with Gasteiger partial charge in [-0.3, -0.25) is 4.79 Å². The van der Waals surface area contributed by atoms with Gasteiger partial charge in [-0.05, 0) is 48.6 Å². The van der Waals surface area contributed by atoms with E-state index in [1.165, 1.54) is 10.4 Å². The van der Waals surface area contributed by atoms with Crippen LogP contribution < -0.4 is 16.4 Å². The maximum absolute atomic E-state index is 11.6. The zero-order valence-electron chi connectivity index (χ0n) is 11.3. The van der Waals surface area contributed by atoms with Crippen LogP contribution in [0.1, 0.15) is 33.8 Å². The minimum absolute atomic E-state index is 0.227. The lowest BCUT2D eigenvalue weighted by atomic mass is 9.99. The summed E-state index contributed by atoms with van der Waals surface area (Å²) in [5.41, 5.74) is 14.7. The van der Waals surface area contributed by atoms with Gasteiger partial charge < -0.3 is 16.4 Å². The summed E-state index contributed by atoms with van der Waals surface area (Å²) in [6.07, 6.45) is 0.990. The highest BCUT2D eigenvalue weighted by Gasteiger charge is 2.27. The Balaban J connectivity index is 2.06. The number of thiophene rings is 1. The van der Waals surface area contributed by atoms with Crippen LogP contribution in [0.15, 0.2) is 29.6 Å². The van der Waals surface area contributed by atoms with Gasteiger partial charge in [-0.1, -0.05) is 0 Å². The molecule has 0 radical (unpaired) electrons. The minimum atomic E-state index is -0.414. The van der Waals surface area contributed by atoms with Gasteiger partial charge in [-0.2, -0.15) is 0 Å². The van der Waals surface area contributed by atoms with Crippen molar-refractivity contribution in [1.29, 1.82) is 0 Å². The van der Waals surface area contributed by atoms with Gasteiger partial charge in [0.15, 0.2) is 0 Å². The molecule has 0 bridgehead atoms. The molecule has 3 rings (SSSR count). The van der Waals surface area contributed by atoms with Gasteiger partial charge in [0.25, 0.3) is 5.91 Å². The summed E-state index contributed by atoms with van der Waals surface area (Å²) in [5, 5.41) is 2.12. The molecule has 1 unspecified atom stereocenters. The maximum atomic E-state index is 11.6. The molecule has 20 heavy (non-hydrogen) atoms. The zero-order chi connectivity index (χ0) is 14.3. The Labute approximate surface area is 122 Å². The molecule has 1 aliphatic rings. The highest BCUT2D eigenvalue weighted by Crippen LogP contribution is 2.37. The summed E-state index contributed by atoms with van der Waals surface area (Å²) < 4.78 is 0. The number of rotatable bonds is 2. The van der Waals surface area contributed by atoms with Crippen LogP contribution in [0.3, 0.4) is 0 Å². The van der Waals surface area contributed by atoms with Crippen molar-refractivity contribution in [3.63, 3.8) is 0 Å². The van der Waals surface area contributed by atoms with E-state index in [-0.39, 0.29) is 6.04 Å². The Morgan fingerprint density at radius 3 is 2.95 bits per heavy atom. The molecular weight excluding hydrogens is 270 g/mol. The number of benzene rings is 1. The fraction of sp³-hybridized carbons (Fsp3) is 0.267. The van der Waals surface area contributed by atoms with E-state index in [4.69, 9.17) is 11.5 Å². The molecule has 0 saturated heterocycles. The smallest absolute Gasteiger partial charge is 0.250 e. The normalized spacial score (nSPS) is 17.9. The van der Waals surface area contributed by atoms with Crippen molar-refractivity contribution in [2.45, 2.75) is 19.4 Å². The average molecular weight is 287 g/mol. The van der Waals surface area contributed by atoms with Crippen LogP contribution in [0.4, 0.5) is 11.4 Å². The van der Waals surface area contributed by atoms with E-state index in [0.29, 0.717) is 11.3 Å². The van der Waals surface area contributed by atoms with E-state index >= 15 is 0 Å². The van der Waals surface area contributed by atoms with E-state index in [2.05, 4.69) is 23.3 Å². The molecule has 2 aromatic rings. The predicted molar refractivity (Wildman–Crippen MR) is 83.2 cm³/mol. The molecule has 0 aliphatic carbocycles. The third-order valence-corrected chi connectivity index (χ3v) is 4.87. The summed E-state index contributed by atoms with van der Waals surface area (Å²) in [5.74, 6) is -0.414. The number of fused-ring (bicyclic) bond motifs is 1. The van der Waals surface area contributed by atoms with Crippen LogP contribution in [-0.4, -0.2) is 12.5 Å². The number of amides is 1. The van der Waals surface area contributed by atoms with Crippen LogP contribution in [0.5, 0.6) is 0 Å². The molecule has 1 aliphatic heterocycles. The quantitative estimate of drug-likeness (QED) is 0.834. The molecule has 2 heterocycles. The van der Waals surface area contributed by atoms with Crippen LogP contribution in [0.25, 0.3) is 0 Å². The van der Waals surface area contributed by atoms with Crippen molar-refractivity contribution in [2.24, 2.45) is 5.73 Å². The van der Waals surface area contributed by atoms with Gasteiger partial charge in [-0.15, -0.1) is 11.3 Å². The lowest BCUT2D eigenvalue weighted by molar-refractivity contribution is 0.100. The largest absolute Gasteiger partial charge is 0.399 e. The van der Waals surface area contributed by atoms with Gasteiger partial charge in [0.05, 0.1) is 17.3 Å². The zero-order valence-corrected chi connectivity index (χ0v) is 12.1. The Morgan fingerprint density at radius 2 is 2.20 bits per heavy atom. The SMILES string of the molecule is CC1c2ccsc2CCN1c1cc(N)ccc1C(N)=O. The molecule has 0 spiro atoms. The van der Waals surface area contributed by atoms with Gasteiger partial charge in [-0.25, -0.2) is 0 Å². The number of nitrogens with zero attached hydrogens (tertiary/aromatic N) is 1. The average Bonchev–Trinajstić information content (AvgIpc) is 2.88. The second-order valence-corrected chi connectivity index (χ2v) is 6.06. The first-order valence-corrected chi connectivity index (χ1v) is 7.48. The number of carbonyl (C=O) groups is 1. The van der Waals surface area contributed by atoms with Crippen molar-refractivity contribution in [2.75, 3.05) is 17.2 Å². The number of primary amides is 1. The number of nitrogens with two attached hydrogens (primary N) is 2. The van der Waals surface area contributed by atoms with E-state index < -0.39 is 5.91 Å². The summed E-state index contributed by atoms with van der Waals surface area (Å²) in [6, 6.07) is 7.66. The maximum Gasteiger partial charge on any atom is 0.250 e. The Hall–Kier alpha value is -2.01. The van der Waals surface area contributed by atoms with Crippen LogP contribution in [0, 0.1) is 0 Å². The standard InChI is InChI=1S/C15H17N3OS/c1-9-11-5-7-20-14(11)4-6-18(9)13-8-10(16)2-3-12(13)15(17)19/h2-3,5,7-9H,4,6,16H2,1H3,(H2,17,19). The summed E-state index contributed by atoms with van der Waals surface area (Å²) in [6.45, 7) is 3.02. The highest BCUT2D eigenvalue weighted by atomic mass is 32.1. The number of hydrogen-bond acceptors (Lipinski definition) is 4. The minimum Gasteiger partial charge on any atom is -0.399 e. The molecular formula is C15H17N3OS. The predicted octanol–water partition coefficient (Wildman–Crippen LogP) is 2.55. The Bertz CT molecular complexity index is 665. The Kier molecular flexibility index (Phi) is 3.14. The third kappa shape index (κ3) is 2.04. The van der Waals surface area contributed by atoms with E-state index in [0.717, 1.165) is 18.7 Å². The number of carbonyl (C=O) groups excluding carboxylic acids is 1. The monoisotopic (exact) mass is 287 g/mol. The van der Waals surface area contributed by atoms with Gasteiger partial charge in [0.1, 0.15) is 0 Å². The molecule has 4 nitrogen and oxygen atoms in total. The number of anilines is 2. The van der Waals surface area contributed by atoms with Crippen molar-refractivity contribution >= 4 is 28.6 Å². The molecule has 0 saturated carbocycles. The topological polar surface area (TPSA) is 72.3 Å². The summed E-state index contributed by atoms with van der Waals surface area (Å²) >= 11 is 1.80. The third-order valence-electron chi connectivity index (χ3n) is 3.87. The summed E-state index contributed by atoms with van der Waals surface area (Å²) in [4.78, 5) is 15.3. The van der Waals surface area contributed by atoms with Crippen molar-refractivity contribution < 1.29 is 4.79 Å². The first-order chi connectivity index (χ1) is 9.58. The van der Waals surface area contributed by atoms with E-state index in [1.54, 1.807) is 23.5 Å². The molecule has 104 valence electrons. The summed E-state index contributed by atoms with van der Waals surface area (Å²) in [7, 11) is 0. The lowest BCUT2D eigenvalue weighted by Gasteiger charge is -2.36. The number of hydrogen-bond donors (Lipinski definition) is 2. The van der Waals surface area contributed by atoms with Crippen molar-refractivity contribution in [3.05, 3.63) is 45.6 Å². The number of nitrogen functional groups attached to an aromatic ring is 1. The van der Waals surface area contributed by atoms with Gasteiger partial charge in [0, 0.05) is 17.1 Å². The first kappa shape index (κ1) is 13.0. The van der Waals surface area contributed by atoms with Gasteiger partial charge >= 0.3 is 0 Å². The fourth-order valence-electron chi connectivity index (χ4n) is 2.83. The van der Waals surface area contributed by atoms with Crippen LogP contribution >= 0.6 is 11.3 Å². The molecule has 1 atom stereocenters. The molecule has 5 heteroatoms. The van der Waals surface area contributed by atoms with Crippen molar-refractivity contribution in [3.8, 4) is 0 Å². The van der Waals surface area contributed by atoms with Crippen LogP contribution in [-0.2, 0) is 6.42 Å². The van der Waals surface area contributed by atoms with E-state index in [9.17, 15) is 4.79 Å². The van der Waals surface area contributed by atoms with E-state index in [1.807, 2.05) is 6.07 Å².